The van der Waals surface area contributed by atoms with Gasteiger partial charge < -0.3 is 14.5 Å². The quantitative estimate of drug-likeness (QED) is 0.553. The van der Waals surface area contributed by atoms with E-state index in [1.807, 2.05) is 37.3 Å². The van der Waals surface area contributed by atoms with Crippen LogP contribution in [-0.2, 0) is 4.79 Å². The first-order valence-corrected chi connectivity index (χ1v) is 8.56. The molecule has 0 spiro atoms. The third-order valence-electron chi connectivity index (χ3n) is 4.29. The molecule has 0 aliphatic rings. The molecule has 0 atom stereocenters. The van der Waals surface area contributed by atoms with Crippen LogP contribution in [0.25, 0.3) is 21.9 Å². The van der Waals surface area contributed by atoms with E-state index in [9.17, 15) is 9.59 Å². The summed E-state index contributed by atoms with van der Waals surface area (Å²) >= 11 is 0. The molecular formula is C22H17NO4. The SMILES string of the molecule is Cc1cccc2c(=O)c3ccc(NC(=O)COc4ccccc4)cc3oc12. The first kappa shape index (κ1) is 16.8. The molecule has 0 fully saturated rings. The lowest BCUT2D eigenvalue weighted by atomic mass is 10.1. The van der Waals surface area contributed by atoms with Crippen LogP contribution < -0.4 is 15.5 Å². The first-order chi connectivity index (χ1) is 13.1. The maximum atomic E-state index is 12.7. The van der Waals surface area contributed by atoms with Crippen molar-refractivity contribution >= 4 is 33.5 Å². The third kappa shape index (κ3) is 3.40. The number of aryl methyl sites for hydroxylation is 1. The molecule has 1 heterocycles. The van der Waals surface area contributed by atoms with Crippen molar-refractivity contribution in [3.8, 4) is 5.75 Å². The molecule has 27 heavy (non-hydrogen) atoms. The number of carbonyl (C=O) groups excluding carboxylic acids is 1. The van der Waals surface area contributed by atoms with E-state index in [4.69, 9.17) is 9.15 Å². The number of para-hydroxylation sites is 2. The maximum Gasteiger partial charge on any atom is 0.262 e. The average Bonchev–Trinajstić information content (AvgIpc) is 2.68. The molecule has 0 bridgehead atoms. The summed E-state index contributed by atoms with van der Waals surface area (Å²) in [7, 11) is 0. The van der Waals surface area contributed by atoms with E-state index in [-0.39, 0.29) is 17.9 Å². The van der Waals surface area contributed by atoms with Crippen LogP contribution in [-0.4, -0.2) is 12.5 Å². The number of hydrogen-bond donors (Lipinski definition) is 1. The Morgan fingerprint density at radius 2 is 1.81 bits per heavy atom. The fraction of sp³-hybridized carbons (Fsp3) is 0.0909. The van der Waals surface area contributed by atoms with Gasteiger partial charge in [0.15, 0.2) is 6.61 Å². The molecule has 0 saturated heterocycles. The van der Waals surface area contributed by atoms with Crippen molar-refractivity contribution in [2.45, 2.75) is 6.92 Å². The summed E-state index contributed by atoms with van der Waals surface area (Å²) in [6, 6.07) is 19.6. The van der Waals surface area contributed by atoms with Gasteiger partial charge in [-0.15, -0.1) is 0 Å². The molecule has 0 aliphatic heterocycles. The van der Waals surface area contributed by atoms with Gasteiger partial charge in [-0.3, -0.25) is 9.59 Å². The zero-order chi connectivity index (χ0) is 18.8. The van der Waals surface area contributed by atoms with Gasteiger partial charge in [-0.1, -0.05) is 30.3 Å². The average molecular weight is 359 g/mol. The van der Waals surface area contributed by atoms with Crippen LogP contribution in [0, 0.1) is 6.92 Å². The van der Waals surface area contributed by atoms with Crippen LogP contribution in [0.2, 0.25) is 0 Å². The van der Waals surface area contributed by atoms with E-state index < -0.39 is 0 Å². The topological polar surface area (TPSA) is 68.5 Å². The fourth-order valence-corrected chi connectivity index (χ4v) is 2.96. The van der Waals surface area contributed by atoms with Crippen molar-refractivity contribution in [2.75, 3.05) is 11.9 Å². The van der Waals surface area contributed by atoms with Gasteiger partial charge in [0.2, 0.25) is 5.43 Å². The van der Waals surface area contributed by atoms with Gasteiger partial charge >= 0.3 is 0 Å². The summed E-state index contributed by atoms with van der Waals surface area (Å²) in [4.78, 5) is 24.8. The Kier molecular flexibility index (Phi) is 4.34. The van der Waals surface area contributed by atoms with Crippen LogP contribution in [0.4, 0.5) is 5.69 Å². The van der Waals surface area contributed by atoms with Crippen LogP contribution in [0.5, 0.6) is 5.75 Å². The Morgan fingerprint density at radius 3 is 2.63 bits per heavy atom. The second-order valence-electron chi connectivity index (χ2n) is 6.24. The molecular weight excluding hydrogens is 342 g/mol. The zero-order valence-corrected chi connectivity index (χ0v) is 14.7. The predicted octanol–water partition coefficient (Wildman–Crippen LogP) is 4.27. The molecule has 1 amide bonds. The predicted molar refractivity (Wildman–Crippen MR) is 105 cm³/mol. The Balaban J connectivity index is 1.59. The van der Waals surface area contributed by atoms with E-state index in [1.54, 1.807) is 36.4 Å². The number of fused-ring (bicyclic) bond motifs is 2. The number of hydrogen-bond acceptors (Lipinski definition) is 4. The van der Waals surface area contributed by atoms with Gasteiger partial charge in [-0.05, 0) is 42.8 Å². The third-order valence-corrected chi connectivity index (χ3v) is 4.29. The molecule has 0 unspecified atom stereocenters. The Morgan fingerprint density at radius 1 is 1.00 bits per heavy atom. The number of rotatable bonds is 4. The van der Waals surface area contributed by atoms with Gasteiger partial charge in [0.1, 0.15) is 16.9 Å². The highest BCUT2D eigenvalue weighted by Crippen LogP contribution is 2.23. The molecule has 0 aliphatic carbocycles. The summed E-state index contributed by atoms with van der Waals surface area (Å²) in [6.07, 6.45) is 0. The van der Waals surface area contributed by atoms with Crippen molar-refractivity contribution in [2.24, 2.45) is 0 Å². The summed E-state index contributed by atoms with van der Waals surface area (Å²) in [5.74, 6) is 0.330. The Hall–Kier alpha value is -3.60. The van der Waals surface area contributed by atoms with Crippen LogP contribution >= 0.6 is 0 Å². The van der Waals surface area contributed by atoms with Gasteiger partial charge in [0.25, 0.3) is 5.91 Å². The minimum Gasteiger partial charge on any atom is -0.484 e. The second kappa shape index (κ2) is 6.96. The largest absolute Gasteiger partial charge is 0.484 e. The van der Waals surface area contributed by atoms with E-state index in [0.29, 0.717) is 33.4 Å². The van der Waals surface area contributed by atoms with E-state index >= 15 is 0 Å². The molecule has 1 aromatic heterocycles. The number of carbonyl (C=O) groups is 1. The van der Waals surface area contributed by atoms with E-state index in [0.717, 1.165) is 5.56 Å². The van der Waals surface area contributed by atoms with E-state index in [1.165, 1.54) is 0 Å². The molecule has 1 N–H and O–H groups in total. The molecule has 5 heteroatoms. The highest BCUT2D eigenvalue weighted by atomic mass is 16.5. The van der Waals surface area contributed by atoms with Crippen molar-refractivity contribution in [3.05, 3.63) is 82.5 Å². The first-order valence-electron chi connectivity index (χ1n) is 8.56. The highest BCUT2D eigenvalue weighted by molar-refractivity contribution is 5.96. The molecule has 4 aromatic rings. The van der Waals surface area contributed by atoms with Crippen LogP contribution in [0.15, 0.2) is 75.9 Å². The normalized spacial score (nSPS) is 10.9. The Labute approximate surface area is 155 Å². The van der Waals surface area contributed by atoms with Gasteiger partial charge in [0.05, 0.1) is 10.8 Å². The molecule has 4 rings (SSSR count). The Bertz CT molecular complexity index is 1200. The number of amides is 1. The van der Waals surface area contributed by atoms with Crippen molar-refractivity contribution < 1.29 is 13.9 Å². The molecule has 0 radical (unpaired) electrons. The number of ether oxygens (including phenoxy) is 1. The highest BCUT2D eigenvalue weighted by Gasteiger charge is 2.11. The number of nitrogens with one attached hydrogen (secondary N) is 1. The smallest absolute Gasteiger partial charge is 0.262 e. The molecule has 0 saturated carbocycles. The minimum absolute atomic E-state index is 0.0831. The minimum atomic E-state index is -0.294. The van der Waals surface area contributed by atoms with Gasteiger partial charge in [0, 0.05) is 11.8 Å². The fourth-order valence-electron chi connectivity index (χ4n) is 2.96. The van der Waals surface area contributed by atoms with Gasteiger partial charge in [-0.2, -0.15) is 0 Å². The number of anilines is 1. The van der Waals surface area contributed by atoms with Gasteiger partial charge in [-0.25, -0.2) is 0 Å². The van der Waals surface area contributed by atoms with Crippen molar-refractivity contribution in [3.63, 3.8) is 0 Å². The lowest BCUT2D eigenvalue weighted by Crippen LogP contribution is -2.20. The van der Waals surface area contributed by atoms with Crippen LogP contribution in [0.3, 0.4) is 0 Å². The summed E-state index contributed by atoms with van der Waals surface area (Å²) in [6.45, 7) is 1.78. The maximum absolute atomic E-state index is 12.7. The monoisotopic (exact) mass is 359 g/mol. The standard InChI is InChI=1S/C22H17NO4/c1-14-6-5-9-18-21(25)17-11-10-15(12-19(17)27-22(14)18)23-20(24)13-26-16-7-3-2-4-8-16/h2-12H,13H2,1H3,(H,23,24). The number of benzene rings is 3. The van der Waals surface area contributed by atoms with Crippen molar-refractivity contribution in [1.29, 1.82) is 0 Å². The van der Waals surface area contributed by atoms with Crippen molar-refractivity contribution in [1.82, 2.24) is 0 Å². The van der Waals surface area contributed by atoms with Crippen LogP contribution in [0.1, 0.15) is 5.56 Å². The summed E-state index contributed by atoms with van der Waals surface area (Å²) < 4.78 is 11.4. The molecule has 3 aromatic carbocycles. The van der Waals surface area contributed by atoms with E-state index in [2.05, 4.69) is 5.32 Å². The summed E-state index contributed by atoms with van der Waals surface area (Å²) in [5.41, 5.74) is 2.34. The molecule has 5 nitrogen and oxygen atoms in total. The summed E-state index contributed by atoms with van der Waals surface area (Å²) in [5, 5.41) is 3.79. The second-order valence-corrected chi connectivity index (χ2v) is 6.24. The lowest BCUT2D eigenvalue weighted by Gasteiger charge is -2.09. The molecule has 134 valence electrons. The lowest BCUT2D eigenvalue weighted by molar-refractivity contribution is -0.118. The zero-order valence-electron chi connectivity index (χ0n) is 14.7.